The highest BCUT2D eigenvalue weighted by atomic mass is 16.3. The van der Waals surface area contributed by atoms with Crippen LogP contribution in [0.15, 0.2) is 0 Å². The van der Waals surface area contributed by atoms with Gasteiger partial charge in [0.15, 0.2) is 0 Å². The van der Waals surface area contributed by atoms with Crippen LogP contribution in [-0.2, 0) is 4.79 Å². The first-order valence-electron chi connectivity index (χ1n) is 3.02. The van der Waals surface area contributed by atoms with Crippen LogP contribution in [0.5, 0.6) is 0 Å². The molecule has 0 aliphatic rings. The molecule has 1 unspecified atom stereocenters. The van der Waals surface area contributed by atoms with E-state index in [1.807, 2.05) is 21.0 Å². The van der Waals surface area contributed by atoms with Gasteiger partial charge >= 0.3 is 0 Å². The lowest BCUT2D eigenvalue weighted by Crippen LogP contribution is -2.26. The van der Waals surface area contributed by atoms with Crippen LogP contribution < -0.4 is 0 Å². The number of carbonyl (C=O) groups is 1. The third-order valence-electron chi connectivity index (χ3n) is 0.961. The predicted octanol–water partition coefficient (Wildman–Crippen LogP) is -0.0228. The third kappa shape index (κ3) is 10.4. The zero-order valence-electron chi connectivity index (χ0n) is 6.61. The first-order chi connectivity index (χ1) is 4.59. The van der Waals surface area contributed by atoms with Gasteiger partial charge in [-0.1, -0.05) is 6.92 Å². The van der Waals surface area contributed by atoms with E-state index < -0.39 is 0 Å². The van der Waals surface area contributed by atoms with Gasteiger partial charge in [0.25, 0.3) is 6.47 Å². The summed E-state index contributed by atoms with van der Waals surface area (Å²) in [5.41, 5.74) is 0. The Bertz CT molecular complexity index is 75.4. The van der Waals surface area contributed by atoms with Gasteiger partial charge in [-0.25, -0.2) is 0 Å². The van der Waals surface area contributed by atoms with Crippen LogP contribution in [0.4, 0.5) is 0 Å². The van der Waals surface area contributed by atoms with Crippen LogP contribution in [0, 0.1) is 0 Å². The van der Waals surface area contributed by atoms with E-state index >= 15 is 0 Å². The molecule has 2 N–H and O–H groups in total. The summed E-state index contributed by atoms with van der Waals surface area (Å²) in [7, 11) is 3.71. The van der Waals surface area contributed by atoms with Crippen LogP contribution in [0.3, 0.4) is 0 Å². The van der Waals surface area contributed by atoms with Gasteiger partial charge < -0.3 is 10.2 Å². The second kappa shape index (κ2) is 8.39. The van der Waals surface area contributed by atoms with Crippen LogP contribution in [0.25, 0.3) is 0 Å². The van der Waals surface area contributed by atoms with E-state index in [4.69, 9.17) is 15.0 Å². The lowest BCUT2D eigenvalue weighted by atomic mass is 10.4. The van der Waals surface area contributed by atoms with Crippen molar-refractivity contribution < 1.29 is 15.0 Å². The molecule has 0 bridgehead atoms. The minimum atomic E-state index is -0.264. The SMILES string of the molecule is CCC(O)N(C)C.O=CO. The predicted molar refractivity (Wildman–Crippen MR) is 38.7 cm³/mol. The fourth-order valence-corrected chi connectivity index (χ4v) is 0.365. The quantitative estimate of drug-likeness (QED) is 0.428. The van der Waals surface area contributed by atoms with Gasteiger partial charge in [0.05, 0.1) is 0 Å². The van der Waals surface area contributed by atoms with Gasteiger partial charge in [0.1, 0.15) is 6.23 Å². The largest absolute Gasteiger partial charge is 0.483 e. The molecule has 0 aliphatic carbocycles. The molecule has 0 aromatic rings. The molecule has 0 rings (SSSR count). The molecule has 0 aromatic heterocycles. The van der Waals surface area contributed by atoms with E-state index in [0.717, 1.165) is 6.42 Å². The summed E-state index contributed by atoms with van der Waals surface area (Å²) in [5, 5.41) is 15.8. The van der Waals surface area contributed by atoms with E-state index in [1.54, 1.807) is 4.90 Å². The molecule has 62 valence electrons. The van der Waals surface area contributed by atoms with Crippen LogP contribution in [0.1, 0.15) is 13.3 Å². The number of rotatable bonds is 2. The van der Waals surface area contributed by atoms with Gasteiger partial charge in [0.2, 0.25) is 0 Å². The zero-order chi connectivity index (χ0) is 8.57. The third-order valence-corrected chi connectivity index (χ3v) is 0.961. The van der Waals surface area contributed by atoms with Crippen LogP contribution >= 0.6 is 0 Å². The Morgan fingerprint density at radius 3 is 1.90 bits per heavy atom. The molecule has 0 aliphatic heterocycles. The van der Waals surface area contributed by atoms with Gasteiger partial charge in [-0.15, -0.1) is 0 Å². The Morgan fingerprint density at radius 1 is 1.60 bits per heavy atom. The van der Waals surface area contributed by atoms with Crippen molar-refractivity contribution in [3.63, 3.8) is 0 Å². The molecule has 1 atom stereocenters. The molecule has 4 heteroatoms. The first-order valence-corrected chi connectivity index (χ1v) is 3.02. The van der Waals surface area contributed by atoms with Gasteiger partial charge in [-0.2, -0.15) is 0 Å². The van der Waals surface area contributed by atoms with E-state index in [1.165, 1.54) is 0 Å². The number of aliphatic hydroxyl groups excluding tert-OH is 1. The molecule has 0 amide bonds. The Labute approximate surface area is 61.1 Å². The Balaban J connectivity index is 0. The summed E-state index contributed by atoms with van der Waals surface area (Å²) in [6, 6.07) is 0. The van der Waals surface area contributed by atoms with E-state index in [0.29, 0.717) is 0 Å². The summed E-state index contributed by atoms with van der Waals surface area (Å²) in [5.74, 6) is 0. The summed E-state index contributed by atoms with van der Waals surface area (Å²) in [6.45, 7) is 1.70. The maximum atomic E-state index is 8.86. The minimum Gasteiger partial charge on any atom is -0.483 e. The molecule has 4 nitrogen and oxygen atoms in total. The molecule has 0 radical (unpaired) electrons. The minimum absolute atomic E-state index is 0.250. The van der Waals surface area contributed by atoms with Gasteiger partial charge in [-0.3, -0.25) is 9.69 Å². The van der Waals surface area contributed by atoms with E-state index in [2.05, 4.69) is 0 Å². The highest BCUT2D eigenvalue weighted by Gasteiger charge is 1.99. The lowest BCUT2D eigenvalue weighted by Gasteiger charge is -2.15. The van der Waals surface area contributed by atoms with Crippen molar-refractivity contribution in [2.24, 2.45) is 0 Å². The Hall–Kier alpha value is -0.610. The second-order valence-corrected chi connectivity index (χ2v) is 1.96. The normalized spacial score (nSPS) is 11.7. The summed E-state index contributed by atoms with van der Waals surface area (Å²) in [6.07, 6.45) is 0.535. The average molecular weight is 149 g/mol. The standard InChI is InChI=1S/C5H13NO.CH2O2/c1-4-5(7)6(2)3;2-1-3/h5,7H,4H2,1-3H3;1H,(H,2,3). The van der Waals surface area contributed by atoms with Gasteiger partial charge in [-0.05, 0) is 20.5 Å². The smallest absolute Gasteiger partial charge is 0.290 e. The highest BCUT2D eigenvalue weighted by Crippen LogP contribution is 1.90. The first kappa shape index (κ1) is 12.1. The van der Waals surface area contributed by atoms with Crippen molar-refractivity contribution in [1.29, 1.82) is 0 Å². The number of carboxylic acid groups (broad SMARTS) is 1. The zero-order valence-corrected chi connectivity index (χ0v) is 6.61. The van der Waals surface area contributed by atoms with Crippen molar-refractivity contribution in [2.45, 2.75) is 19.6 Å². The van der Waals surface area contributed by atoms with Gasteiger partial charge in [0, 0.05) is 0 Å². The van der Waals surface area contributed by atoms with Crippen LogP contribution in [-0.4, -0.2) is 41.9 Å². The Morgan fingerprint density at radius 2 is 1.90 bits per heavy atom. The number of hydrogen-bond acceptors (Lipinski definition) is 3. The van der Waals surface area contributed by atoms with Crippen molar-refractivity contribution in [3.8, 4) is 0 Å². The molecular weight excluding hydrogens is 134 g/mol. The fourth-order valence-electron chi connectivity index (χ4n) is 0.365. The second-order valence-electron chi connectivity index (χ2n) is 1.96. The topological polar surface area (TPSA) is 60.8 Å². The Kier molecular flexibility index (Phi) is 10.2. The van der Waals surface area contributed by atoms with Crippen molar-refractivity contribution in [2.75, 3.05) is 14.1 Å². The fraction of sp³-hybridized carbons (Fsp3) is 0.833. The van der Waals surface area contributed by atoms with Crippen molar-refractivity contribution in [1.82, 2.24) is 4.90 Å². The summed E-state index contributed by atoms with van der Waals surface area (Å²) in [4.78, 5) is 10.1. The molecule has 0 fully saturated rings. The van der Waals surface area contributed by atoms with Crippen LogP contribution in [0.2, 0.25) is 0 Å². The monoisotopic (exact) mass is 149 g/mol. The number of aliphatic hydroxyl groups is 1. The molecule has 0 saturated heterocycles. The highest BCUT2D eigenvalue weighted by molar-refractivity contribution is 5.32. The molecule has 0 aromatic carbocycles. The molecule has 0 spiro atoms. The maximum absolute atomic E-state index is 8.86. The molecular formula is C6H15NO3. The van der Waals surface area contributed by atoms with E-state index in [9.17, 15) is 0 Å². The lowest BCUT2D eigenvalue weighted by molar-refractivity contribution is -0.122. The molecule has 10 heavy (non-hydrogen) atoms. The summed E-state index contributed by atoms with van der Waals surface area (Å²) < 4.78 is 0. The van der Waals surface area contributed by atoms with Crippen molar-refractivity contribution >= 4 is 6.47 Å². The summed E-state index contributed by atoms with van der Waals surface area (Å²) >= 11 is 0. The van der Waals surface area contributed by atoms with E-state index in [-0.39, 0.29) is 12.7 Å². The molecule has 0 heterocycles. The van der Waals surface area contributed by atoms with Crippen molar-refractivity contribution in [3.05, 3.63) is 0 Å². The molecule has 0 saturated carbocycles. The number of hydrogen-bond donors (Lipinski definition) is 2. The maximum Gasteiger partial charge on any atom is 0.290 e. The average Bonchev–Trinajstić information content (AvgIpc) is 1.88. The number of nitrogens with zero attached hydrogens (tertiary/aromatic N) is 1.